The molecule has 36 heavy (non-hydrogen) atoms. The molecule has 0 aliphatic heterocycles. The molecule has 3 N–H and O–H groups in total. The topological polar surface area (TPSA) is 109 Å². The second kappa shape index (κ2) is 9.99. The van der Waals surface area contributed by atoms with Gasteiger partial charge in [-0.05, 0) is 85.8 Å². The number of hydrogen-bond acceptors (Lipinski definition) is 6. The summed E-state index contributed by atoms with van der Waals surface area (Å²) in [7, 11) is 0. The Morgan fingerprint density at radius 1 is 1.19 bits per heavy atom. The van der Waals surface area contributed by atoms with Gasteiger partial charge in [0, 0.05) is 42.1 Å². The van der Waals surface area contributed by atoms with E-state index in [9.17, 15) is 9.59 Å². The predicted octanol–water partition coefficient (Wildman–Crippen LogP) is 5.30. The maximum Gasteiger partial charge on any atom is 0.256 e. The van der Waals surface area contributed by atoms with Crippen LogP contribution in [-0.4, -0.2) is 38.2 Å². The van der Waals surface area contributed by atoms with Gasteiger partial charge >= 0.3 is 0 Å². The summed E-state index contributed by atoms with van der Waals surface area (Å²) in [6.07, 6.45) is 7.11. The highest BCUT2D eigenvalue weighted by Gasteiger charge is 2.24. The predicted molar refractivity (Wildman–Crippen MR) is 140 cm³/mol. The van der Waals surface area contributed by atoms with Gasteiger partial charge < -0.3 is 20.4 Å². The smallest absolute Gasteiger partial charge is 0.256 e. The lowest BCUT2D eigenvalue weighted by molar-refractivity contribution is 0.0950. The summed E-state index contributed by atoms with van der Waals surface area (Å²) < 4.78 is 6.02. The number of nitrogens with zero attached hydrogens (tertiary/aromatic N) is 2. The van der Waals surface area contributed by atoms with Gasteiger partial charge in [0.05, 0.1) is 17.2 Å². The van der Waals surface area contributed by atoms with Crippen molar-refractivity contribution in [3.8, 4) is 16.9 Å². The molecule has 1 fully saturated rings. The van der Waals surface area contributed by atoms with Crippen molar-refractivity contribution < 1.29 is 14.3 Å². The molecule has 4 aromatic rings. The summed E-state index contributed by atoms with van der Waals surface area (Å²) in [6.45, 7) is 4.33. The summed E-state index contributed by atoms with van der Waals surface area (Å²) in [6, 6.07) is 11.4. The molecule has 0 unspecified atom stereocenters. The minimum absolute atomic E-state index is 0.0142. The zero-order valence-electron chi connectivity index (χ0n) is 20.0. The first-order valence-electron chi connectivity index (χ1n) is 11.8. The highest BCUT2D eigenvalue weighted by molar-refractivity contribution is 6.68. The minimum atomic E-state index is -0.573. The standard InChI is InChI=1S/C27H26ClN5O3/c1-15(2)36-20-9-16(12-30-25-21(24(28)34)4-3-7-29-25)8-17(10-20)23-14-32-26-22(23)11-18(13-31-26)27(35)33-19-5-6-19/h3-4,7-11,13-15,19H,5-6,12H2,1-2H3,(H,29,30)(H,31,32)(H,33,35). The van der Waals surface area contributed by atoms with E-state index in [0.29, 0.717) is 34.9 Å². The molecule has 0 spiro atoms. The Kier molecular flexibility index (Phi) is 6.61. The van der Waals surface area contributed by atoms with Crippen LogP contribution in [0.3, 0.4) is 0 Å². The molecule has 184 valence electrons. The quantitative estimate of drug-likeness (QED) is 0.267. The third-order valence-corrected chi connectivity index (χ3v) is 6.04. The molecule has 8 nitrogen and oxygen atoms in total. The van der Waals surface area contributed by atoms with E-state index in [1.54, 1.807) is 24.5 Å². The number of fused-ring (bicyclic) bond motifs is 1. The molecule has 1 aliphatic carbocycles. The van der Waals surface area contributed by atoms with Gasteiger partial charge in [0.25, 0.3) is 11.1 Å². The number of nitrogens with one attached hydrogen (secondary N) is 3. The van der Waals surface area contributed by atoms with Crippen LogP contribution in [0.25, 0.3) is 22.2 Å². The number of pyridine rings is 2. The molecule has 3 aromatic heterocycles. The van der Waals surface area contributed by atoms with Crippen LogP contribution in [0.1, 0.15) is 53.0 Å². The summed E-state index contributed by atoms with van der Waals surface area (Å²) in [4.78, 5) is 36.3. The number of aromatic amines is 1. The molecule has 0 bridgehead atoms. The fourth-order valence-corrected chi connectivity index (χ4v) is 4.16. The third kappa shape index (κ3) is 5.33. The van der Waals surface area contributed by atoms with E-state index in [0.717, 1.165) is 34.9 Å². The molecule has 1 aliphatic rings. The summed E-state index contributed by atoms with van der Waals surface area (Å²) in [5.41, 5.74) is 4.28. The Balaban J connectivity index is 1.49. The van der Waals surface area contributed by atoms with Crippen molar-refractivity contribution in [2.75, 3.05) is 5.32 Å². The lowest BCUT2D eigenvalue weighted by Gasteiger charge is -2.15. The second-order valence-corrected chi connectivity index (χ2v) is 9.47. The maximum absolute atomic E-state index is 12.6. The largest absolute Gasteiger partial charge is 0.491 e. The van der Waals surface area contributed by atoms with Crippen LogP contribution in [-0.2, 0) is 6.54 Å². The monoisotopic (exact) mass is 503 g/mol. The maximum atomic E-state index is 12.6. The number of benzene rings is 1. The summed E-state index contributed by atoms with van der Waals surface area (Å²) in [5, 5.41) is 6.49. The molecule has 1 saturated carbocycles. The SMILES string of the molecule is CC(C)Oc1cc(CNc2ncccc2C(=O)Cl)cc(-c2c[nH]c3ncc(C(=O)NC4CC4)cc23)c1. The van der Waals surface area contributed by atoms with Crippen molar-refractivity contribution >= 4 is 39.6 Å². The zero-order chi connectivity index (χ0) is 25.2. The number of halogens is 1. The van der Waals surface area contributed by atoms with Gasteiger partial charge in [0.1, 0.15) is 17.2 Å². The Morgan fingerprint density at radius 2 is 2.03 bits per heavy atom. The Hall–Kier alpha value is -3.91. The Bertz CT molecular complexity index is 1440. The molecule has 1 aromatic carbocycles. The number of aromatic nitrogens is 3. The van der Waals surface area contributed by atoms with Gasteiger partial charge in [-0.1, -0.05) is 0 Å². The van der Waals surface area contributed by atoms with Crippen LogP contribution in [0.2, 0.25) is 0 Å². The molecule has 9 heteroatoms. The first-order chi connectivity index (χ1) is 17.4. The van der Waals surface area contributed by atoms with Crippen LogP contribution < -0.4 is 15.4 Å². The number of carbonyl (C=O) groups is 2. The number of hydrogen-bond donors (Lipinski definition) is 3. The van der Waals surface area contributed by atoms with Crippen molar-refractivity contribution in [3.05, 3.63) is 71.7 Å². The first-order valence-corrected chi connectivity index (χ1v) is 12.2. The molecule has 1 amide bonds. The molecule has 5 rings (SSSR count). The molecule has 0 radical (unpaired) electrons. The number of carbonyl (C=O) groups excluding carboxylic acids is 2. The van der Waals surface area contributed by atoms with Gasteiger partial charge in [-0.25, -0.2) is 9.97 Å². The number of ether oxygens (including phenoxy) is 1. The lowest BCUT2D eigenvalue weighted by Crippen LogP contribution is -2.25. The number of H-pyrrole nitrogens is 1. The van der Waals surface area contributed by atoms with E-state index in [-0.39, 0.29) is 18.1 Å². The number of amides is 1. The molecular formula is C27H26ClN5O3. The van der Waals surface area contributed by atoms with Crippen molar-refractivity contribution in [1.29, 1.82) is 0 Å². The van der Waals surface area contributed by atoms with Gasteiger partial charge in [-0.2, -0.15) is 0 Å². The number of anilines is 1. The van der Waals surface area contributed by atoms with Crippen LogP contribution in [0, 0.1) is 0 Å². The first kappa shape index (κ1) is 23.8. The average molecular weight is 504 g/mol. The van der Waals surface area contributed by atoms with E-state index in [1.165, 1.54) is 0 Å². The Labute approximate surface area is 213 Å². The normalized spacial score (nSPS) is 13.1. The third-order valence-electron chi connectivity index (χ3n) is 5.83. The van der Waals surface area contributed by atoms with Gasteiger partial charge in [-0.3, -0.25) is 9.59 Å². The van der Waals surface area contributed by atoms with Crippen LogP contribution in [0.5, 0.6) is 5.75 Å². The van der Waals surface area contributed by atoms with Crippen molar-refractivity contribution in [1.82, 2.24) is 20.3 Å². The van der Waals surface area contributed by atoms with Gasteiger partial charge in [0.2, 0.25) is 0 Å². The van der Waals surface area contributed by atoms with Crippen LogP contribution >= 0.6 is 11.6 Å². The van der Waals surface area contributed by atoms with Crippen LogP contribution in [0.15, 0.2) is 55.0 Å². The Morgan fingerprint density at radius 3 is 2.78 bits per heavy atom. The van der Waals surface area contributed by atoms with Crippen molar-refractivity contribution in [2.24, 2.45) is 0 Å². The second-order valence-electron chi connectivity index (χ2n) is 9.13. The fourth-order valence-electron chi connectivity index (χ4n) is 4.01. The average Bonchev–Trinajstić information content (AvgIpc) is 3.56. The van der Waals surface area contributed by atoms with E-state index in [4.69, 9.17) is 16.3 Å². The molecule has 0 saturated heterocycles. The van der Waals surface area contributed by atoms with Crippen molar-refractivity contribution in [3.63, 3.8) is 0 Å². The molecule has 3 heterocycles. The van der Waals surface area contributed by atoms with Gasteiger partial charge in [-0.15, -0.1) is 0 Å². The summed E-state index contributed by atoms with van der Waals surface area (Å²) >= 11 is 5.71. The molecular weight excluding hydrogens is 478 g/mol. The van der Waals surface area contributed by atoms with E-state index in [2.05, 4.69) is 25.6 Å². The highest BCUT2D eigenvalue weighted by Crippen LogP contribution is 2.33. The van der Waals surface area contributed by atoms with Crippen molar-refractivity contribution in [2.45, 2.75) is 45.4 Å². The number of rotatable bonds is 9. The minimum Gasteiger partial charge on any atom is -0.491 e. The molecule has 0 atom stereocenters. The fraction of sp³-hybridized carbons (Fsp3) is 0.259. The van der Waals surface area contributed by atoms with Crippen LogP contribution in [0.4, 0.5) is 5.82 Å². The lowest BCUT2D eigenvalue weighted by atomic mass is 10.0. The van der Waals surface area contributed by atoms with E-state index < -0.39 is 5.24 Å². The summed E-state index contributed by atoms with van der Waals surface area (Å²) in [5.74, 6) is 1.01. The van der Waals surface area contributed by atoms with Gasteiger partial charge in [0.15, 0.2) is 0 Å². The van der Waals surface area contributed by atoms with E-state index >= 15 is 0 Å². The zero-order valence-corrected chi connectivity index (χ0v) is 20.7. The highest BCUT2D eigenvalue weighted by atomic mass is 35.5. The van der Waals surface area contributed by atoms with E-state index in [1.807, 2.05) is 44.3 Å².